The predicted octanol–water partition coefficient (Wildman–Crippen LogP) is 2.92. The van der Waals surface area contributed by atoms with Gasteiger partial charge in [0.1, 0.15) is 17.2 Å². The fourth-order valence-corrected chi connectivity index (χ4v) is 3.50. The first kappa shape index (κ1) is 18.5. The Morgan fingerprint density at radius 1 is 1.29 bits per heavy atom. The van der Waals surface area contributed by atoms with Crippen molar-refractivity contribution >= 4 is 17.5 Å². The van der Waals surface area contributed by atoms with Crippen molar-refractivity contribution in [3.8, 4) is 11.3 Å². The smallest absolute Gasteiger partial charge is 0.323 e. The highest BCUT2D eigenvalue weighted by Gasteiger charge is 2.30. The number of ether oxygens (including phenoxy) is 1. The second-order valence-corrected chi connectivity index (χ2v) is 7.13. The lowest BCUT2D eigenvalue weighted by Gasteiger charge is -2.37. The topological polar surface area (TPSA) is 79.1 Å². The zero-order chi connectivity index (χ0) is 19.7. The van der Waals surface area contributed by atoms with Crippen LogP contribution in [-0.4, -0.2) is 57.3 Å². The van der Waals surface area contributed by atoms with Gasteiger partial charge in [0.15, 0.2) is 0 Å². The van der Waals surface area contributed by atoms with Crippen molar-refractivity contribution in [1.29, 1.82) is 0 Å². The molecule has 0 saturated carbocycles. The van der Waals surface area contributed by atoms with Crippen LogP contribution in [0.2, 0.25) is 0 Å². The van der Waals surface area contributed by atoms with E-state index in [0.717, 1.165) is 22.5 Å². The number of hydrogen-bond acceptors (Lipinski definition) is 4. The quantitative estimate of drug-likeness (QED) is 0.732. The van der Waals surface area contributed by atoms with Gasteiger partial charge in [0.05, 0.1) is 31.9 Å². The predicted molar refractivity (Wildman–Crippen MR) is 107 cm³/mol. The highest BCUT2D eigenvalue weighted by molar-refractivity contribution is 5.94. The van der Waals surface area contributed by atoms with Crippen molar-refractivity contribution in [2.24, 2.45) is 0 Å². The van der Waals surface area contributed by atoms with Crippen molar-refractivity contribution in [1.82, 2.24) is 14.3 Å². The number of imidazole rings is 1. The highest BCUT2D eigenvalue weighted by atomic mass is 16.5. The normalized spacial score (nSPS) is 19.8. The van der Waals surface area contributed by atoms with Crippen molar-refractivity contribution in [2.45, 2.75) is 26.0 Å². The van der Waals surface area contributed by atoms with Gasteiger partial charge in [-0.3, -0.25) is 9.72 Å². The first-order valence-electron chi connectivity index (χ1n) is 9.41. The molecule has 146 valence electrons. The molecule has 1 aliphatic rings. The first-order valence-corrected chi connectivity index (χ1v) is 9.41. The molecule has 28 heavy (non-hydrogen) atoms. The Morgan fingerprint density at radius 2 is 2.07 bits per heavy atom. The minimum Gasteiger partial charge on any atom is -0.394 e. The summed E-state index contributed by atoms with van der Waals surface area (Å²) in [6.45, 7) is 4.57. The molecule has 1 aliphatic heterocycles. The number of amides is 2. The molecule has 1 saturated heterocycles. The average molecular weight is 380 g/mol. The SMILES string of the molecule is Cc1cccn2c(NC(=O)N3C[C@H](CO)OC[C@@H]3C)c(-c3ccccc3)nc12. The van der Waals surface area contributed by atoms with E-state index >= 15 is 0 Å². The lowest BCUT2D eigenvalue weighted by molar-refractivity contribution is -0.0612. The van der Waals surface area contributed by atoms with E-state index in [-0.39, 0.29) is 24.8 Å². The number of aliphatic hydroxyl groups is 1. The molecule has 7 heteroatoms. The van der Waals surface area contributed by atoms with Crippen molar-refractivity contribution in [3.63, 3.8) is 0 Å². The van der Waals surface area contributed by atoms with Crippen LogP contribution in [-0.2, 0) is 4.74 Å². The van der Waals surface area contributed by atoms with Crippen LogP contribution in [0.4, 0.5) is 10.6 Å². The van der Waals surface area contributed by atoms with Crippen LogP contribution >= 0.6 is 0 Å². The van der Waals surface area contributed by atoms with Crippen LogP contribution in [0.5, 0.6) is 0 Å². The number of anilines is 1. The van der Waals surface area contributed by atoms with Gasteiger partial charge in [-0.15, -0.1) is 0 Å². The molecule has 0 spiro atoms. The Balaban J connectivity index is 1.73. The maximum atomic E-state index is 13.1. The molecule has 0 bridgehead atoms. The van der Waals surface area contributed by atoms with E-state index in [4.69, 9.17) is 9.72 Å². The largest absolute Gasteiger partial charge is 0.394 e. The second kappa shape index (κ2) is 7.61. The van der Waals surface area contributed by atoms with Crippen molar-refractivity contribution in [3.05, 3.63) is 54.2 Å². The molecule has 4 rings (SSSR count). The van der Waals surface area contributed by atoms with Gasteiger partial charge in [0.25, 0.3) is 0 Å². The van der Waals surface area contributed by atoms with Crippen molar-refractivity contribution < 1.29 is 14.6 Å². The van der Waals surface area contributed by atoms with Gasteiger partial charge in [0, 0.05) is 11.8 Å². The number of hydrogen-bond donors (Lipinski definition) is 2. The van der Waals surface area contributed by atoms with Crippen molar-refractivity contribution in [2.75, 3.05) is 25.1 Å². The molecule has 7 nitrogen and oxygen atoms in total. The fraction of sp³-hybridized carbons (Fsp3) is 0.333. The van der Waals surface area contributed by atoms with E-state index in [0.29, 0.717) is 19.0 Å². The van der Waals surface area contributed by atoms with Gasteiger partial charge in [-0.1, -0.05) is 36.4 Å². The number of fused-ring (bicyclic) bond motifs is 1. The van der Waals surface area contributed by atoms with E-state index < -0.39 is 0 Å². The van der Waals surface area contributed by atoms with E-state index in [1.54, 1.807) is 4.90 Å². The third-order valence-electron chi connectivity index (χ3n) is 5.09. The summed E-state index contributed by atoms with van der Waals surface area (Å²) in [5.74, 6) is 0.633. The molecule has 2 amide bonds. The molecule has 3 aromatic rings. The molecule has 1 aromatic carbocycles. The van der Waals surface area contributed by atoms with E-state index in [1.165, 1.54) is 0 Å². The number of nitrogens with one attached hydrogen (secondary N) is 1. The summed E-state index contributed by atoms with van der Waals surface area (Å²) in [5.41, 5.74) is 3.49. The number of carbonyl (C=O) groups is 1. The van der Waals surface area contributed by atoms with Crippen LogP contribution < -0.4 is 5.32 Å². The van der Waals surface area contributed by atoms with E-state index in [1.807, 2.05) is 66.9 Å². The third-order valence-corrected chi connectivity index (χ3v) is 5.09. The van der Waals surface area contributed by atoms with Gasteiger partial charge in [-0.05, 0) is 25.5 Å². The summed E-state index contributed by atoms with van der Waals surface area (Å²) in [7, 11) is 0. The molecule has 2 aromatic heterocycles. The Labute approximate surface area is 163 Å². The summed E-state index contributed by atoms with van der Waals surface area (Å²) < 4.78 is 7.45. The minimum atomic E-state index is -0.361. The number of aliphatic hydroxyl groups excluding tert-OH is 1. The lowest BCUT2D eigenvalue weighted by atomic mass is 10.1. The number of rotatable bonds is 3. The molecule has 1 fully saturated rings. The standard InChI is InChI=1S/C21H24N4O3/c1-14-7-6-10-24-19(14)22-18(16-8-4-3-5-9-16)20(24)23-21(27)25-11-17(12-26)28-13-15(25)2/h3-10,15,17,26H,11-13H2,1-2H3,(H,23,27)/t15-,17+/m0/s1. The first-order chi connectivity index (χ1) is 13.6. The number of morpholine rings is 1. The van der Waals surface area contributed by atoms with E-state index in [9.17, 15) is 9.90 Å². The number of carbonyl (C=O) groups excluding carboxylic acids is 1. The Bertz CT molecular complexity index is 986. The van der Waals surface area contributed by atoms with Gasteiger partial charge < -0.3 is 14.7 Å². The second-order valence-electron chi connectivity index (χ2n) is 7.13. The zero-order valence-corrected chi connectivity index (χ0v) is 16.0. The summed E-state index contributed by atoms with van der Waals surface area (Å²) in [6.07, 6.45) is 1.54. The molecule has 2 atom stereocenters. The van der Waals surface area contributed by atoms with Crippen LogP contribution in [0.25, 0.3) is 16.9 Å². The summed E-state index contributed by atoms with van der Waals surface area (Å²) in [5, 5.41) is 12.5. The fourth-order valence-electron chi connectivity index (χ4n) is 3.50. The van der Waals surface area contributed by atoms with Gasteiger partial charge in [-0.25, -0.2) is 9.78 Å². The van der Waals surface area contributed by atoms with Gasteiger partial charge in [0.2, 0.25) is 0 Å². The maximum absolute atomic E-state index is 13.1. The van der Waals surface area contributed by atoms with Crippen LogP contribution in [0.15, 0.2) is 48.7 Å². The highest BCUT2D eigenvalue weighted by Crippen LogP contribution is 2.30. The van der Waals surface area contributed by atoms with Gasteiger partial charge in [-0.2, -0.15) is 0 Å². The summed E-state index contributed by atoms with van der Waals surface area (Å²) >= 11 is 0. The maximum Gasteiger partial charge on any atom is 0.323 e. The number of aryl methyl sites for hydroxylation is 1. The molecule has 0 radical (unpaired) electrons. The van der Waals surface area contributed by atoms with Crippen LogP contribution in [0.3, 0.4) is 0 Å². The monoisotopic (exact) mass is 380 g/mol. The molecule has 3 heterocycles. The average Bonchev–Trinajstić information content (AvgIpc) is 3.09. The Hall–Kier alpha value is -2.90. The minimum absolute atomic E-state index is 0.0797. The number of aromatic nitrogens is 2. The Kier molecular flexibility index (Phi) is 5.02. The Morgan fingerprint density at radius 3 is 2.82 bits per heavy atom. The molecule has 2 N–H and O–H groups in total. The summed E-state index contributed by atoms with van der Waals surface area (Å²) in [6, 6.07) is 13.4. The number of urea groups is 1. The van der Waals surface area contributed by atoms with Crippen LogP contribution in [0, 0.1) is 6.92 Å². The molecular weight excluding hydrogens is 356 g/mol. The van der Waals surface area contributed by atoms with Crippen LogP contribution in [0.1, 0.15) is 12.5 Å². The molecule has 0 unspecified atom stereocenters. The molecule has 0 aliphatic carbocycles. The van der Waals surface area contributed by atoms with E-state index in [2.05, 4.69) is 5.32 Å². The van der Waals surface area contributed by atoms with Gasteiger partial charge >= 0.3 is 6.03 Å². The zero-order valence-electron chi connectivity index (χ0n) is 16.0. The summed E-state index contributed by atoms with van der Waals surface area (Å²) in [4.78, 5) is 19.6. The third kappa shape index (κ3) is 3.34. The number of pyridine rings is 1. The number of benzene rings is 1. The molecular formula is C21H24N4O3. The number of nitrogens with zero attached hydrogens (tertiary/aromatic N) is 3. The lowest BCUT2D eigenvalue weighted by Crippen LogP contribution is -2.53.